The number of aliphatic hydroxyl groups is 1. The van der Waals surface area contributed by atoms with Gasteiger partial charge in [0.1, 0.15) is 5.75 Å². The van der Waals surface area contributed by atoms with Crippen LogP contribution in [-0.4, -0.2) is 35.3 Å². The van der Waals surface area contributed by atoms with Crippen LogP contribution < -0.4 is 15.6 Å². The van der Waals surface area contributed by atoms with Gasteiger partial charge in [0.25, 0.3) is 11.5 Å². The normalized spacial score (nSPS) is 16.5. The number of hydrogen-bond donors (Lipinski definition) is 2. The highest BCUT2D eigenvalue weighted by Crippen LogP contribution is 2.44. The van der Waals surface area contributed by atoms with Gasteiger partial charge in [-0.15, -0.1) is 0 Å². The summed E-state index contributed by atoms with van der Waals surface area (Å²) < 4.78 is 13.1. The molecule has 0 spiro atoms. The molecule has 214 valence electrons. The SMILES string of the molecule is CC(C)=CCC/C(C)=C/CC1Cc2c(OCCCNC(=O)c3ccco3)cc(=O)n(CCCO)c2CC1(C)C. The Morgan fingerprint density at radius 2 is 2.05 bits per heavy atom. The molecule has 3 rings (SSSR count). The molecule has 39 heavy (non-hydrogen) atoms. The number of nitrogens with one attached hydrogen (secondary N) is 1. The van der Waals surface area contributed by atoms with Gasteiger partial charge in [0.05, 0.1) is 12.9 Å². The number of carbonyl (C=O) groups is 1. The number of hydrogen-bond acceptors (Lipinski definition) is 5. The lowest BCUT2D eigenvalue weighted by molar-refractivity contribution is 0.0924. The van der Waals surface area contributed by atoms with Gasteiger partial charge < -0.3 is 24.1 Å². The van der Waals surface area contributed by atoms with Crippen molar-refractivity contribution in [3.8, 4) is 5.75 Å². The van der Waals surface area contributed by atoms with E-state index in [1.54, 1.807) is 18.2 Å². The first-order valence-electron chi connectivity index (χ1n) is 14.2. The molecule has 1 aliphatic carbocycles. The highest BCUT2D eigenvalue weighted by Gasteiger charge is 2.37. The second kappa shape index (κ2) is 14.4. The molecule has 0 bridgehead atoms. The van der Waals surface area contributed by atoms with E-state index in [-0.39, 0.29) is 29.2 Å². The number of ether oxygens (including phenoxy) is 1. The summed E-state index contributed by atoms with van der Waals surface area (Å²) in [4.78, 5) is 25.2. The van der Waals surface area contributed by atoms with Crippen molar-refractivity contribution in [2.24, 2.45) is 11.3 Å². The van der Waals surface area contributed by atoms with Gasteiger partial charge in [0.2, 0.25) is 0 Å². The van der Waals surface area contributed by atoms with Crippen LogP contribution in [0.25, 0.3) is 0 Å². The van der Waals surface area contributed by atoms with Crippen molar-refractivity contribution in [1.29, 1.82) is 0 Å². The average Bonchev–Trinajstić information content (AvgIpc) is 3.41. The Kier molecular flexibility index (Phi) is 11.2. The number of amides is 1. The van der Waals surface area contributed by atoms with E-state index in [1.165, 1.54) is 17.4 Å². The molecule has 2 N–H and O–H groups in total. The lowest BCUT2D eigenvalue weighted by Crippen LogP contribution is -2.38. The van der Waals surface area contributed by atoms with Crippen molar-refractivity contribution < 1.29 is 19.1 Å². The molecule has 2 aromatic rings. The molecule has 0 saturated heterocycles. The van der Waals surface area contributed by atoms with Crippen LogP contribution in [0.4, 0.5) is 0 Å². The van der Waals surface area contributed by atoms with Crippen LogP contribution in [0.1, 0.15) is 88.5 Å². The summed E-state index contributed by atoms with van der Waals surface area (Å²) in [5.74, 6) is 1.10. The third-order valence-corrected chi connectivity index (χ3v) is 7.66. The summed E-state index contributed by atoms with van der Waals surface area (Å²) in [6, 6.07) is 4.91. The second-order valence-electron chi connectivity index (χ2n) is 11.6. The van der Waals surface area contributed by atoms with E-state index in [9.17, 15) is 14.7 Å². The van der Waals surface area contributed by atoms with Crippen molar-refractivity contribution in [3.05, 3.63) is 75.1 Å². The quantitative estimate of drug-likeness (QED) is 0.233. The lowest BCUT2D eigenvalue weighted by Gasteiger charge is -2.41. The second-order valence-corrected chi connectivity index (χ2v) is 11.6. The Bertz CT molecular complexity index is 1200. The van der Waals surface area contributed by atoms with Gasteiger partial charge >= 0.3 is 0 Å². The van der Waals surface area contributed by atoms with Gasteiger partial charge in [0.15, 0.2) is 5.76 Å². The van der Waals surface area contributed by atoms with E-state index in [0.717, 1.165) is 43.4 Å². The maximum Gasteiger partial charge on any atom is 0.286 e. The zero-order valence-electron chi connectivity index (χ0n) is 24.3. The zero-order valence-corrected chi connectivity index (χ0v) is 24.3. The number of furan rings is 1. The highest BCUT2D eigenvalue weighted by atomic mass is 16.5. The number of allylic oxidation sites excluding steroid dienone is 4. The van der Waals surface area contributed by atoms with Crippen LogP contribution in [0.15, 0.2) is 57.0 Å². The molecule has 7 heteroatoms. The Balaban J connectivity index is 1.73. The molecular formula is C32H46N2O5. The summed E-state index contributed by atoms with van der Waals surface area (Å²) in [6.45, 7) is 12.5. The molecular weight excluding hydrogens is 492 g/mol. The molecule has 1 aliphatic rings. The Hall–Kier alpha value is -3.06. The number of fused-ring (bicyclic) bond motifs is 1. The smallest absolute Gasteiger partial charge is 0.286 e. The molecule has 1 amide bonds. The number of carbonyl (C=O) groups excluding carboxylic acids is 1. The predicted molar refractivity (Wildman–Crippen MR) is 155 cm³/mol. The zero-order chi connectivity index (χ0) is 28.4. The topological polar surface area (TPSA) is 93.7 Å². The number of nitrogens with zero attached hydrogens (tertiary/aromatic N) is 1. The molecule has 0 saturated carbocycles. The van der Waals surface area contributed by atoms with Gasteiger partial charge in [0, 0.05) is 37.0 Å². The average molecular weight is 539 g/mol. The van der Waals surface area contributed by atoms with E-state index in [1.807, 2.05) is 4.57 Å². The van der Waals surface area contributed by atoms with E-state index in [0.29, 0.717) is 44.2 Å². The first-order chi connectivity index (χ1) is 18.6. The van der Waals surface area contributed by atoms with Gasteiger partial charge in [-0.3, -0.25) is 9.59 Å². The largest absolute Gasteiger partial charge is 0.493 e. The van der Waals surface area contributed by atoms with Crippen molar-refractivity contribution >= 4 is 5.91 Å². The molecule has 2 aromatic heterocycles. The molecule has 0 fully saturated rings. The number of rotatable bonds is 14. The Labute approximate surface area is 233 Å². The minimum atomic E-state index is -0.252. The monoisotopic (exact) mass is 538 g/mol. The van der Waals surface area contributed by atoms with Gasteiger partial charge in [-0.25, -0.2) is 0 Å². The molecule has 0 aliphatic heterocycles. The first kappa shape index (κ1) is 30.5. The molecule has 2 heterocycles. The number of aliphatic hydroxyl groups excluding tert-OH is 1. The molecule has 7 nitrogen and oxygen atoms in total. The van der Waals surface area contributed by atoms with E-state index < -0.39 is 0 Å². The van der Waals surface area contributed by atoms with Crippen molar-refractivity contribution in [2.75, 3.05) is 19.8 Å². The van der Waals surface area contributed by atoms with Crippen LogP contribution in [0.3, 0.4) is 0 Å². The van der Waals surface area contributed by atoms with Crippen LogP contribution >= 0.6 is 0 Å². The van der Waals surface area contributed by atoms with E-state index in [2.05, 4.69) is 52.1 Å². The Morgan fingerprint density at radius 3 is 2.74 bits per heavy atom. The van der Waals surface area contributed by atoms with Crippen molar-refractivity contribution in [3.63, 3.8) is 0 Å². The fourth-order valence-corrected chi connectivity index (χ4v) is 5.22. The highest BCUT2D eigenvalue weighted by molar-refractivity contribution is 5.91. The van der Waals surface area contributed by atoms with Gasteiger partial charge in [-0.1, -0.05) is 37.1 Å². The summed E-state index contributed by atoms with van der Waals surface area (Å²) in [7, 11) is 0. The summed E-state index contributed by atoms with van der Waals surface area (Å²) in [5.41, 5.74) is 4.83. The summed E-state index contributed by atoms with van der Waals surface area (Å²) in [6.07, 6.45) is 12.0. The molecule has 0 aromatic carbocycles. The molecule has 1 atom stereocenters. The summed E-state index contributed by atoms with van der Waals surface area (Å²) >= 11 is 0. The van der Waals surface area contributed by atoms with Crippen LogP contribution in [-0.2, 0) is 19.4 Å². The van der Waals surface area contributed by atoms with E-state index >= 15 is 0 Å². The Morgan fingerprint density at radius 1 is 1.26 bits per heavy atom. The summed E-state index contributed by atoms with van der Waals surface area (Å²) in [5, 5.41) is 12.2. The fraction of sp³-hybridized carbons (Fsp3) is 0.562. The minimum absolute atomic E-state index is 0.0197. The number of pyridine rings is 1. The van der Waals surface area contributed by atoms with Crippen LogP contribution in [0, 0.1) is 11.3 Å². The third-order valence-electron chi connectivity index (χ3n) is 7.66. The van der Waals surface area contributed by atoms with Crippen LogP contribution in [0.5, 0.6) is 5.75 Å². The van der Waals surface area contributed by atoms with Gasteiger partial charge in [-0.05, 0) is 89.2 Å². The number of aromatic nitrogens is 1. The third kappa shape index (κ3) is 8.72. The van der Waals surface area contributed by atoms with Crippen molar-refractivity contribution in [2.45, 2.75) is 86.1 Å². The molecule has 1 unspecified atom stereocenters. The maximum atomic E-state index is 13.1. The first-order valence-corrected chi connectivity index (χ1v) is 14.2. The lowest BCUT2D eigenvalue weighted by atomic mass is 9.66. The molecule has 0 radical (unpaired) electrons. The maximum absolute atomic E-state index is 13.1. The fourth-order valence-electron chi connectivity index (χ4n) is 5.22. The standard InChI is InChI=1S/C32H46N2O5/c1-23(2)10-6-11-24(3)13-14-25-20-26-27(22-32(25,4)5)34(16-9-17-35)30(36)21-29(26)39-19-8-15-33-31(37)28-12-7-18-38-28/h7,10,12-13,18,21,25,35H,6,8-9,11,14-17,19-20,22H2,1-5H3,(H,33,37)/b24-13+. The van der Waals surface area contributed by atoms with Crippen molar-refractivity contribution in [1.82, 2.24) is 9.88 Å². The van der Waals surface area contributed by atoms with Gasteiger partial charge in [-0.2, -0.15) is 0 Å². The van der Waals surface area contributed by atoms with Crippen LogP contribution in [0.2, 0.25) is 0 Å². The predicted octanol–water partition coefficient (Wildman–Crippen LogP) is 5.85. The van der Waals surface area contributed by atoms with E-state index in [4.69, 9.17) is 9.15 Å². The minimum Gasteiger partial charge on any atom is -0.493 e.